The first-order chi connectivity index (χ1) is 7.66. The first-order valence-electron chi connectivity index (χ1n) is 5.46. The Kier molecular flexibility index (Phi) is 3.51. The zero-order valence-electron chi connectivity index (χ0n) is 8.96. The minimum absolute atomic E-state index is 0.245. The number of hydrogen-bond acceptors (Lipinski definition) is 2. The van der Waals surface area contributed by atoms with Crippen molar-refractivity contribution in [3.8, 4) is 0 Å². The second kappa shape index (κ2) is 4.89. The molecule has 1 saturated heterocycles. The first kappa shape index (κ1) is 11.5. The Morgan fingerprint density at radius 3 is 2.25 bits per heavy atom. The summed E-state index contributed by atoms with van der Waals surface area (Å²) in [6, 6.07) is 3.17. The number of nitrogens with two attached hydrogens (primary N) is 1. The third-order valence-corrected chi connectivity index (χ3v) is 3.04. The predicted octanol–water partition coefficient (Wildman–Crippen LogP) is 2.39. The number of benzene rings is 1. The van der Waals surface area contributed by atoms with Crippen LogP contribution in [0.1, 0.15) is 24.4 Å². The maximum Gasteiger partial charge on any atom is 0.126 e. The molecule has 1 heterocycles. The molecule has 0 saturated carbocycles. The van der Waals surface area contributed by atoms with Crippen LogP contribution >= 0.6 is 0 Å². The maximum atomic E-state index is 13.0. The molecule has 88 valence electrons. The zero-order chi connectivity index (χ0) is 11.5. The first-order valence-corrected chi connectivity index (χ1v) is 5.46. The van der Waals surface area contributed by atoms with Crippen LogP contribution in [0, 0.1) is 17.6 Å². The minimum Gasteiger partial charge on any atom is -0.381 e. The van der Waals surface area contributed by atoms with Crippen molar-refractivity contribution >= 4 is 0 Å². The zero-order valence-corrected chi connectivity index (χ0v) is 8.96. The summed E-state index contributed by atoms with van der Waals surface area (Å²) in [5.74, 6) is -0.898. The average molecular weight is 227 g/mol. The van der Waals surface area contributed by atoms with Crippen LogP contribution in [0.2, 0.25) is 0 Å². The van der Waals surface area contributed by atoms with Gasteiger partial charge in [0.25, 0.3) is 0 Å². The van der Waals surface area contributed by atoms with Gasteiger partial charge in [0.05, 0.1) is 0 Å². The van der Waals surface area contributed by atoms with E-state index >= 15 is 0 Å². The second-order valence-corrected chi connectivity index (χ2v) is 4.18. The van der Waals surface area contributed by atoms with Gasteiger partial charge in [-0.25, -0.2) is 8.78 Å². The molecule has 1 aromatic carbocycles. The van der Waals surface area contributed by atoms with Crippen LogP contribution in [0.3, 0.4) is 0 Å². The fourth-order valence-electron chi connectivity index (χ4n) is 2.11. The number of ether oxygens (including phenoxy) is 1. The Bertz CT molecular complexity index is 344. The van der Waals surface area contributed by atoms with Crippen molar-refractivity contribution in [1.29, 1.82) is 0 Å². The van der Waals surface area contributed by atoms with E-state index in [1.807, 2.05) is 0 Å². The summed E-state index contributed by atoms with van der Waals surface area (Å²) in [5, 5.41) is 0. The van der Waals surface area contributed by atoms with Gasteiger partial charge in [0.2, 0.25) is 0 Å². The third kappa shape index (κ3) is 2.57. The monoisotopic (exact) mass is 227 g/mol. The summed E-state index contributed by atoms with van der Waals surface area (Å²) in [4.78, 5) is 0. The molecule has 4 heteroatoms. The van der Waals surface area contributed by atoms with E-state index < -0.39 is 11.6 Å². The molecule has 1 atom stereocenters. The van der Waals surface area contributed by atoms with E-state index in [2.05, 4.69) is 0 Å². The molecule has 2 nitrogen and oxygen atoms in total. The van der Waals surface area contributed by atoms with Crippen molar-refractivity contribution in [2.24, 2.45) is 11.7 Å². The molecular weight excluding hydrogens is 212 g/mol. The van der Waals surface area contributed by atoms with Crippen LogP contribution in [0.5, 0.6) is 0 Å². The van der Waals surface area contributed by atoms with Crippen LogP contribution in [0.15, 0.2) is 18.2 Å². The molecule has 16 heavy (non-hydrogen) atoms. The quantitative estimate of drug-likeness (QED) is 0.842. The molecule has 1 fully saturated rings. The SMILES string of the molecule is N[C@@H](c1cc(F)cc(F)c1)C1CCOCC1. The van der Waals surface area contributed by atoms with Gasteiger partial charge < -0.3 is 10.5 Å². The van der Waals surface area contributed by atoms with E-state index in [0.29, 0.717) is 18.8 Å². The lowest BCUT2D eigenvalue weighted by Crippen LogP contribution is -2.27. The highest BCUT2D eigenvalue weighted by Crippen LogP contribution is 2.28. The summed E-state index contributed by atoms with van der Waals surface area (Å²) in [7, 11) is 0. The number of rotatable bonds is 2. The van der Waals surface area contributed by atoms with Crippen LogP contribution < -0.4 is 5.73 Å². The molecule has 1 aliphatic heterocycles. The molecule has 0 radical (unpaired) electrons. The molecule has 2 N–H and O–H groups in total. The van der Waals surface area contributed by atoms with Gasteiger partial charge in [0.15, 0.2) is 0 Å². The summed E-state index contributed by atoms with van der Waals surface area (Å²) < 4.78 is 31.3. The Morgan fingerprint density at radius 1 is 1.12 bits per heavy atom. The molecule has 1 aromatic rings. The van der Waals surface area contributed by atoms with Crippen LogP contribution in [-0.2, 0) is 4.74 Å². The lowest BCUT2D eigenvalue weighted by Gasteiger charge is -2.27. The molecule has 0 aliphatic carbocycles. The summed E-state index contributed by atoms with van der Waals surface area (Å²) in [6.45, 7) is 1.35. The molecule has 2 rings (SSSR count). The van der Waals surface area contributed by atoms with Crippen molar-refractivity contribution in [2.45, 2.75) is 18.9 Å². The van der Waals surface area contributed by atoms with E-state index in [-0.39, 0.29) is 12.0 Å². The average Bonchev–Trinajstić information content (AvgIpc) is 2.28. The van der Waals surface area contributed by atoms with E-state index in [1.165, 1.54) is 12.1 Å². The molecule has 0 unspecified atom stereocenters. The maximum absolute atomic E-state index is 13.0. The van der Waals surface area contributed by atoms with Gasteiger partial charge in [0, 0.05) is 25.3 Å². The van der Waals surface area contributed by atoms with Gasteiger partial charge in [0.1, 0.15) is 11.6 Å². The van der Waals surface area contributed by atoms with Crippen molar-refractivity contribution < 1.29 is 13.5 Å². The highest BCUT2D eigenvalue weighted by molar-refractivity contribution is 5.21. The number of hydrogen-bond donors (Lipinski definition) is 1. The van der Waals surface area contributed by atoms with E-state index in [1.54, 1.807) is 0 Å². The van der Waals surface area contributed by atoms with Gasteiger partial charge in [-0.3, -0.25) is 0 Å². The van der Waals surface area contributed by atoms with Crippen LogP contribution in [0.4, 0.5) is 8.78 Å². The van der Waals surface area contributed by atoms with Gasteiger partial charge >= 0.3 is 0 Å². The van der Waals surface area contributed by atoms with Crippen molar-refractivity contribution in [1.82, 2.24) is 0 Å². The van der Waals surface area contributed by atoms with Gasteiger partial charge in [-0.15, -0.1) is 0 Å². The third-order valence-electron chi connectivity index (χ3n) is 3.04. The molecule has 0 aromatic heterocycles. The van der Waals surface area contributed by atoms with E-state index in [4.69, 9.17) is 10.5 Å². The van der Waals surface area contributed by atoms with Crippen molar-refractivity contribution in [3.05, 3.63) is 35.4 Å². The van der Waals surface area contributed by atoms with Gasteiger partial charge in [-0.2, -0.15) is 0 Å². The van der Waals surface area contributed by atoms with Gasteiger partial charge in [-0.05, 0) is 36.5 Å². The van der Waals surface area contributed by atoms with Crippen molar-refractivity contribution in [2.75, 3.05) is 13.2 Å². The lowest BCUT2D eigenvalue weighted by atomic mass is 9.88. The smallest absolute Gasteiger partial charge is 0.126 e. The standard InChI is InChI=1S/C12H15F2NO/c13-10-5-9(6-11(14)7-10)12(15)8-1-3-16-4-2-8/h5-8,12H,1-4,15H2/t12-/m1/s1. The highest BCUT2D eigenvalue weighted by atomic mass is 19.1. The molecular formula is C12H15F2NO. The molecule has 0 bridgehead atoms. The Hall–Kier alpha value is -1.00. The Labute approximate surface area is 93.4 Å². The Balaban J connectivity index is 2.15. The fraction of sp³-hybridized carbons (Fsp3) is 0.500. The van der Waals surface area contributed by atoms with Crippen LogP contribution in [-0.4, -0.2) is 13.2 Å². The fourth-order valence-corrected chi connectivity index (χ4v) is 2.11. The second-order valence-electron chi connectivity index (χ2n) is 4.18. The lowest BCUT2D eigenvalue weighted by molar-refractivity contribution is 0.0583. The van der Waals surface area contributed by atoms with Gasteiger partial charge in [-0.1, -0.05) is 0 Å². The number of halogens is 2. The highest BCUT2D eigenvalue weighted by Gasteiger charge is 2.22. The largest absolute Gasteiger partial charge is 0.381 e. The van der Waals surface area contributed by atoms with E-state index in [0.717, 1.165) is 18.9 Å². The normalized spacial score (nSPS) is 19.7. The summed E-state index contributed by atoms with van der Waals surface area (Å²) in [5.41, 5.74) is 6.55. The van der Waals surface area contributed by atoms with E-state index in [9.17, 15) is 8.78 Å². The summed E-state index contributed by atoms with van der Waals surface area (Å²) in [6.07, 6.45) is 1.69. The molecule has 1 aliphatic rings. The predicted molar refractivity (Wildman–Crippen MR) is 56.8 cm³/mol. The molecule has 0 amide bonds. The molecule has 0 spiro atoms. The van der Waals surface area contributed by atoms with Crippen molar-refractivity contribution in [3.63, 3.8) is 0 Å². The summed E-state index contributed by atoms with van der Waals surface area (Å²) >= 11 is 0. The van der Waals surface area contributed by atoms with Crippen LogP contribution in [0.25, 0.3) is 0 Å². The minimum atomic E-state index is -0.572. The Morgan fingerprint density at radius 2 is 1.69 bits per heavy atom. The topological polar surface area (TPSA) is 35.2 Å².